The number of hydrogen-bond acceptors (Lipinski definition) is 6. The van der Waals surface area contributed by atoms with Crippen LogP contribution in [0, 0.1) is 0 Å². The SMILES string of the molecule is CCN1C(=O)C(=Cc2ccc(OC(=O)c3ccc(Cl)cc3)c(OC)c2)SC1=S. The second-order valence-corrected chi connectivity index (χ2v) is 7.84. The molecule has 0 aliphatic carbocycles. The largest absolute Gasteiger partial charge is 0.493 e. The third-order valence-corrected chi connectivity index (χ3v) is 5.59. The molecule has 2 aromatic carbocycles. The van der Waals surface area contributed by atoms with Crippen LogP contribution in [0.25, 0.3) is 6.08 Å². The van der Waals surface area contributed by atoms with Gasteiger partial charge >= 0.3 is 5.97 Å². The van der Waals surface area contributed by atoms with Crippen molar-refractivity contribution in [1.29, 1.82) is 0 Å². The average Bonchev–Trinajstić information content (AvgIpc) is 2.95. The van der Waals surface area contributed by atoms with Crippen LogP contribution in [0.3, 0.4) is 0 Å². The van der Waals surface area contributed by atoms with Gasteiger partial charge in [-0.2, -0.15) is 0 Å². The maximum Gasteiger partial charge on any atom is 0.343 e. The molecule has 2 aromatic rings. The number of methoxy groups -OCH3 is 1. The molecule has 0 N–H and O–H groups in total. The van der Waals surface area contributed by atoms with E-state index in [1.54, 1.807) is 53.4 Å². The van der Waals surface area contributed by atoms with E-state index in [0.717, 1.165) is 5.56 Å². The van der Waals surface area contributed by atoms with E-state index in [-0.39, 0.29) is 11.7 Å². The molecule has 8 heteroatoms. The summed E-state index contributed by atoms with van der Waals surface area (Å²) < 4.78 is 11.3. The zero-order valence-corrected chi connectivity index (χ0v) is 17.5. The van der Waals surface area contributed by atoms with Gasteiger partial charge < -0.3 is 9.47 Å². The highest BCUT2D eigenvalue weighted by atomic mass is 35.5. The summed E-state index contributed by atoms with van der Waals surface area (Å²) in [5.41, 5.74) is 1.11. The minimum Gasteiger partial charge on any atom is -0.493 e. The van der Waals surface area contributed by atoms with Crippen LogP contribution in [0.2, 0.25) is 5.02 Å². The first-order valence-corrected chi connectivity index (χ1v) is 9.94. The first-order chi connectivity index (χ1) is 13.4. The van der Waals surface area contributed by atoms with E-state index in [9.17, 15) is 9.59 Å². The number of carbonyl (C=O) groups is 2. The summed E-state index contributed by atoms with van der Waals surface area (Å²) in [6.07, 6.45) is 1.74. The van der Waals surface area contributed by atoms with Crippen molar-refractivity contribution in [1.82, 2.24) is 4.90 Å². The summed E-state index contributed by atoms with van der Waals surface area (Å²) in [7, 11) is 1.48. The second kappa shape index (κ2) is 8.77. The number of carbonyl (C=O) groups excluding carboxylic acids is 2. The molecule has 0 aromatic heterocycles. The normalized spacial score (nSPS) is 15.2. The maximum atomic E-state index is 12.3. The van der Waals surface area contributed by atoms with Gasteiger partial charge in [-0.05, 0) is 55.0 Å². The zero-order valence-electron chi connectivity index (χ0n) is 15.1. The molecule has 1 saturated heterocycles. The Labute approximate surface area is 177 Å². The van der Waals surface area contributed by atoms with Gasteiger partial charge in [-0.1, -0.05) is 41.6 Å². The fourth-order valence-electron chi connectivity index (χ4n) is 2.53. The number of likely N-dealkylation sites (N-methyl/N-ethyl adjacent to an activating group) is 1. The molecule has 0 saturated carbocycles. The molecule has 0 unspecified atom stereocenters. The van der Waals surface area contributed by atoms with Gasteiger partial charge in [0.1, 0.15) is 4.32 Å². The number of ether oxygens (including phenoxy) is 2. The van der Waals surface area contributed by atoms with Crippen LogP contribution < -0.4 is 9.47 Å². The molecule has 0 spiro atoms. The van der Waals surface area contributed by atoms with Gasteiger partial charge in [0, 0.05) is 11.6 Å². The topological polar surface area (TPSA) is 55.8 Å². The van der Waals surface area contributed by atoms with Crippen molar-refractivity contribution in [3.05, 3.63) is 63.5 Å². The second-order valence-electron chi connectivity index (χ2n) is 5.73. The van der Waals surface area contributed by atoms with E-state index in [1.807, 2.05) is 6.92 Å². The monoisotopic (exact) mass is 433 g/mol. The molecule has 0 atom stereocenters. The van der Waals surface area contributed by atoms with Crippen molar-refractivity contribution < 1.29 is 19.1 Å². The average molecular weight is 434 g/mol. The van der Waals surface area contributed by atoms with Crippen molar-refractivity contribution in [2.75, 3.05) is 13.7 Å². The number of benzene rings is 2. The fourth-order valence-corrected chi connectivity index (χ4v) is 4.04. The first-order valence-electron chi connectivity index (χ1n) is 8.34. The lowest BCUT2D eigenvalue weighted by molar-refractivity contribution is -0.121. The summed E-state index contributed by atoms with van der Waals surface area (Å²) in [6, 6.07) is 11.5. The van der Waals surface area contributed by atoms with Crippen LogP contribution in [0.1, 0.15) is 22.8 Å². The summed E-state index contributed by atoms with van der Waals surface area (Å²) in [5, 5.41) is 0.534. The van der Waals surface area contributed by atoms with Gasteiger partial charge in [-0.25, -0.2) is 4.79 Å². The highest BCUT2D eigenvalue weighted by molar-refractivity contribution is 8.26. The molecule has 1 fully saturated rings. The predicted molar refractivity (Wildman–Crippen MR) is 115 cm³/mol. The van der Waals surface area contributed by atoms with Crippen LogP contribution in [0.15, 0.2) is 47.4 Å². The highest BCUT2D eigenvalue weighted by Gasteiger charge is 2.30. The van der Waals surface area contributed by atoms with E-state index in [1.165, 1.54) is 18.9 Å². The summed E-state index contributed by atoms with van der Waals surface area (Å²) in [6.45, 7) is 2.41. The number of thiocarbonyl (C=S) groups is 1. The molecule has 1 amide bonds. The summed E-state index contributed by atoms with van der Waals surface area (Å²) >= 11 is 12.3. The Kier molecular flexibility index (Phi) is 6.39. The summed E-state index contributed by atoms with van der Waals surface area (Å²) in [4.78, 5) is 26.7. The van der Waals surface area contributed by atoms with Crippen molar-refractivity contribution in [2.45, 2.75) is 6.92 Å². The van der Waals surface area contributed by atoms with Crippen molar-refractivity contribution in [3.8, 4) is 11.5 Å². The third kappa shape index (κ3) is 4.38. The molecule has 3 rings (SSSR count). The van der Waals surface area contributed by atoms with Crippen LogP contribution >= 0.6 is 35.6 Å². The molecule has 5 nitrogen and oxygen atoms in total. The van der Waals surface area contributed by atoms with Gasteiger partial charge in [-0.15, -0.1) is 0 Å². The molecule has 0 bridgehead atoms. The molecule has 28 heavy (non-hydrogen) atoms. The number of esters is 1. The van der Waals surface area contributed by atoms with Crippen molar-refractivity contribution in [3.63, 3.8) is 0 Å². The van der Waals surface area contributed by atoms with Gasteiger partial charge in [0.25, 0.3) is 5.91 Å². The Hall–Kier alpha value is -2.35. The van der Waals surface area contributed by atoms with Crippen LogP contribution in [0.5, 0.6) is 11.5 Å². The van der Waals surface area contributed by atoms with Crippen LogP contribution in [-0.2, 0) is 4.79 Å². The quantitative estimate of drug-likeness (QED) is 0.292. The third-order valence-electron chi connectivity index (χ3n) is 3.96. The Balaban J connectivity index is 1.82. The zero-order chi connectivity index (χ0) is 20.3. The van der Waals surface area contributed by atoms with Crippen LogP contribution in [-0.4, -0.2) is 34.8 Å². The number of thioether (sulfide) groups is 1. The Morgan fingerprint density at radius 2 is 1.93 bits per heavy atom. The first kappa shape index (κ1) is 20.4. The van der Waals surface area contributed by atoms with E-state index < -0.39 is 5.97 Å². The molecule has 1 aliphatic rings. The van der Waals surface area contributed by atoms with Gasteiger partial charge in [0.2, 0.25) is 0 Å². The number of halogens is 1. The van der Waals surface area contributed by atoms with E-state index >= 15 is 0 Å². The van der Waals surface area contributed by atoms with E-state index in [4.69, 9.17) is 33.3 Å². The minimum atomic E-state index is -0.522. The van der Waals surface area contributed by atoms with Crippen LogP contribution in [0.4, 0.5) is 0 Å². The van der Waals surface area contributed by atoms with Gasteiger partial charge in [0.05, 0.1) is 17.6 Å². The van der Waals surface area contributed by atoms with Crippen molar-refractivity contribution >= 4 is 57.9 Å². The fraction of sp³-hybridized carbons (Fsp3) is 0.150. The summed E-state index contributed by atoms with van der Waals surface area (Å²) in [5.74, 6) is 0.0176. The molecule has 1 heterocycles. The molecular formula is C20H16ClNO4S2. The standard InChI is InChI=1S/C20H16ClNO4S2/c1-3-22-18(23)17(28-20(22)27)11-12-4-9-15(16(10-12)25-2)26-19(24)13-5-7-14(21)8-6-13/h4-11H,3H2,1-2H3. The predicted octanol–water partition coefficient (Wildman–Crippen LogP) is 4.79. The lowest BCUT2D eigenvalue weighted by Crippen LogP contribution is -2.27. The van der Waals surface area contributed by atoms with E-state index in [2.05, 4.69) is 0 Å². The minimum absolute atomic E-state index is 0.116. The Morgan fingerprint density at radius 1 is 1.21 bits per heavy atom. The maximum absolute atomic E-state index is 12.3. The number of amides is 1. The molecular weight excluding hydrogens is 418 g/mol. The van der Waals surface area contributed by atoms with Gasteiger partial charge in [0.15, 0.2) is 11.5 Å². The number of nitrogens with zero attached hydrogens (tertiary/aromatic N) is 1. The Bertz CT molecular complexity index is 973. The Morgan fingerprint density at radius 3 is 2.54 bits per heavy atom. The molecule has 144 valence electrons. The lowest BCUT2D eigenvalue weighted by Gasteiger charge is -2.11. The molecule has 1 aliphatic heterocycles. The molecule has 0 radical (unpaired) electrons. The van der Waals surface area contributed by atoms with E-state index in [0.29, 0.717) is 32.1 Å². The number of hydrogen-bond donors (Lipinski definition) is 0. The lowest BCUT2D eigenvalue weighted by atomic mass is 10.1. The number of rotatable bonds is 5. The highest BCUT2D eigenvalue weighted by Crippen LogP contribution is 2.34. The van der Waals surface area contributed by atoms with Gasteiger partial charge in [-0.3, -0.25) is 9.69 Å². The van der Waals surface area contributed by atoms with Crippen molar-refractivity contribution in [2.24, 2.45) is 0 Å². The smallest absolute Gasteiger partial charge is 0.343 e.